The van der Waals surface area contributed by atoms with Crippen molar-refractivity contribution < 1.29 is 27.1 Å². The van der Waals surface area contributed by atoms with E-state index in [1.807, 2.05) is 16.7 Å². The van der Waals surface area contributed by atoms with Crippen LogP contribution in [0.3, 0.4) is 0 Å². The second-order valence-electron chi connectivity index (χ2n) is 6.97. The number of fused-ring (bicyclic) bond motifs is 1. The molecule has 0 unspecified atom stereocenters. The van der Waals surface area contributed by atoms with Crippen molar-refractivity contribution in [3.63, 3.8) is 0 Å². The number of halogens is 3. The number of nitrogens with zero attached hydrogens (tertiary/aromatic N) is 2. The quantitative estimate of drug-likeness (QED) is 0.200. The van der Waals surface area contributed by atoms with Crippen LogP contribution < -0.4 is 0 Å². The van der Waals surface area contributed by atoms with E-state index in [9.17, 15) is 18.0 Å². The van der Waals surface area contributed by atoms with Gasteiger partial charge in [-0.1, -0.05) is 23.9 Å². The van der Waals surface area contributed by atoms with E-state index in [2.05, 4.69) is 4.98 Å². The Bertz CT molecular complexity index is 1250. The lowest BCUT2D eigenvalue weighted by atomic mass is 10.2. The molecular formula is C23H19F3N2O3S2. The number of alkyl halides is 3. The molecule has 0 amide bonds. The zero-order chi connectivity index (χ0) is 23.4. The summed E-state index contributed by atoms with van der Waals surface area (Å²) in [6, 6.07) is 15.2. The molecule has 0 radical (unpaired) electrons. The second kappa shape index (κ2) is 9.96. The van der Waals surface area contributed by atoms with Crippen molar-refractivity contribution in [3.8, 4) is 0 Å². The van der Waals surface area contributed by atoms with Gasteiger partial charge in [0.15, 0.2) is 5.16 Å². The summed E-state index contributed by atoms with van der Waals surface area (Å²) in [6.07, 6.45) is 1.59. The molecular weight excluding hydrogens is 473 g/mol. The van der Waals surface area contributed by atoms with Crippen LogP contribution in [0.15, 0.2) is 75.3 Å². The van der Waals surface area contributed by atoms with E-state index < -0.39 is 11.5 Å². The van der Waals surface area contributed by atoms with E-state index >= 15 is 0 Å². The third-order valence-corrected chi connectivity index (χ3v) is 6.39. The van der Waals surface area contributed by atoms with Gasteiger partial charge in [-0.25, -0.2) is 9.78 Å². The summed E-state index contributed by atoms with van der Waals surface area (Å²) in [6.45, 7) is 2.44. The number of thioether (sulfide) groups is 2. The van der Waals surface area contributed by atoms with Crippen LogP contribution >= 0.6 is 23.5 Å². The van der Waals surface area contributed by atoms with Crippen molar-refractivity contribution in [1.29, 1.82) is 0 Å². The van der Waals surface area contributed by atoms with Crippen LogP contribution in [-0.2, 0) is 17.0 Å². The fraction of sp³-hybridized carbons (Fsp3) is 0.217. The maximum absolute atomic E-state index is 12.7. The van der Waals surface area contributed by atoms with Crippen molar-refractivity contribution >= 4 is 40.5 Å². The summed E-state index contributed by atoms with van der Waals surface area (Å²) in [5.41, 5.74) is -1.75. The normalized spacial score (nSPS) is 11.8. The average molecular weight is 493 g/mol. The SMILES string of the molecule is CCOC(=O)c1ccc2c(c1)nc(SCc1cccc(SC(F)(F)F)c1)n2Cc1ccco1. The predicted octanol–water partition coefficient (Wildman–Crippen LogP) is 6.76. The van der Waals surface area contributed by atoms with E-state index in [1.165, 1.54) is 23.9 Å². The maximum Gasteiger partial charge on any atom is 0.446 e. The smallest absolute Gasteiger partial charge is 0.446 e. The largest absolute Gasteiger partial charge is 0.467 e. The van der Waals surface area contributed by atoms with Gasteiger partial charge in [-0.2, -0.15) is 13.2 Å². The molecule has 33 heavy (non-hydrogen) atoms. The summed E-state index contributed by atoms with van der Waals surface area (Å²) in [7, 11) is 0. The van der Waals surface area contributed by atoms with Crippen LogP contribution in [0.1, 0.15) is 28.6 Å². The first kappa shape index (κ1) is 23.3. The van der Waals surface area contributed by atoms with Gasteiger partial charge in [-0.3, -0.25) is 0 Å². The van der Waals surface area contributed by atoms with Gasteiger partial charge < -0.3 is 13.7 Å². The van der Waals surface area contributed by atoms with E-state index in [4.69, 9.17) is 9.15 Å². The van der Waals surface area contributed by atoms with Gasteiger partial charge in [0.25, 0.3) is 0 Å². The standard InChI is InChI=1S/C23H19F3N2O3S2/c1-2-30-21(29)16-8-9-20-19(12-16)27-22(28(20)13-17-6-4-10-31-17)32-14-15-5-3-7-18(11-15)33-23(24,25)26/h3-12H,2,13-14H2,1H3. The molecule has 0 saturated heterocycles. The van der Waals surface area contributed by atoms with Gasteiger partial charge in [0.2, 0.25) is 0 Å². The van der Waals surface area contributed by atoms with Gasteiger partial charge >= 0.3 is 11.5 Å². The van der Waals surface area contributed by atoms with Gasteiger partial charge in [0.05, 0.1) is 36.0 Å². The van der Waals surface area contributed by atoms with Crippen molar-refractivity contribution in [2.45, 2.75) is 34.8 Å². The topological polar surface area (TPSA) is 57.3 Å². The minimum absolute atomic E-state index is 0.132. The highest BCUT2D eigenvalue weighted by Gasteiger charge is 2.29. The minimum Gasteiger partial charge on any atom is -0.467 e. The number of carbonyl (C=O) groups is 1. The molecule has 4 rings (SSSR count). The van der Waals surface area contributed by atoms with E-state index in [1.54, 1.807) is 43.5 Å². The molecule has 2 heterocycles. The Hall–Kier alpha value is -2.85. The molecule has 0 aliphatic heterocycles. The molecule has 10 heteroatoms. The van der Waals surface area contributed by atoms with Crippen molar-refractivity contribution in [1.82, 2.24) is 9.55 Å². The van der Waals surface area contributed by atoms with Gasteiger partial charge in [-0.05, 0) is 66.7 Å². The molecule has 2 aromatic carbocycles. The molecule has 0 aliphatic carbocycles. The Labute approximate surface area is 196 Å². The summed E-state index contributed by atoms with van der Waals surface area (Å²) < 4.78 is 50.7. The van der Waals surface area contributed by atoms with Gasteiger partial charge in [0, 0.05) is 10.6 Å². The Morgan fingerprint density at radius 3 is 2.73 bits per heavy atom. The van der Waals surface area contributed by atoms with E-state index in [0.717, 1.165) is 16.8 Å². The minimum atomic E-state index is -4.33. The third-order valence-electron chi connectivity index (χ3n) is 4.62. The van der Waals surface area contributed by atoms with E-state index in [-0.39, 0.29) is 23.3 Å². The third kappa shape index (κ3) is 5.94. The van der Waals surface area contributed by atoms with Crippen molar-refractivity contribution in [2.75, 3.05) is 6.61 Å². The molecule has 0 spiro atoms. The molecule has 0 aliphatic rings. The Morgan fingerprint density at radius 1 is 1.15 bits per heavy atom. The lowest BCUT2D eigenvalue weighted by Crippen LogP contribution is -2.04. The van der Waals surface area contributed by atoms with Crippen LogP contribution in [0.25, 0.3) is 11.0 Å². The first-order valence-electron chi connectivity index (χ1n) is 9.99. The van der Waals surface area contributed by atoms with Crippen molar-refractivity contribution in [2.24, 2.45) is 0 Å². The van der Waals surface area contributed by atoms with Gasteiger partial charge in [-0.15, -0.1) is 0 Å². The number of imidazole rings is 1. The Kier molecular flexibility index (Phi) is 7.04. The maximum atomic E-state index is 12.7. The summed E-state index contributed by atoms with van der Waals surface area (Å²) in [5, 5.41) is 0.663. The summed E-state index contributed by atoms with van der Waals surface area (Å²) >= 11 is 1.27. The number of rotatable bonds is 8. The summed E-state index contributed by atoms with van der Waals surface area (Å²) in [5.74, 6) is 0.737. The highest BCUT2D eigenvalue weighted by molar-refractivity contribution is 8.00. The zero-order valence-electron chi connectivity index (χ0n) is 17.5. The molecule has 5 nitrogen and oxygen atoms in total. The average Bonchev–Trinajstić information content (AvgIpc) is 3.39. The molecule has 4 aromatic rings. The highest BCUT2D eigenvalue weighted by atomic mass is 32.2. The first-order chi connectivity index (χ1) is 15.8. The first-order valence-corrected chi connectivity index (χ1v) is 11.8. The highest BCUT2D eigenvalue weighted by Crippen LogP contribution is 2.37. The van der Waals surface area contributed by atoms with Crippen LogP contribution in [0.2, 0.25) is 0 Å². The molecule has 0 N–H and O–H groups in total. The number of hydrogen-bond donors (Lipinski definition) is 0. The molecule has 0 bridgehead atoms. The molecule has 0 saturated carbocycles. The second-order valence-corrected chi connectivity index (χ2v) is 9.05. The summed E-state index contributed by atoms with van der Waals surface area (Å²) in [4.78, 5) is 16.9. The van der Waals surface area contributed by atoms with Crippen LogP contribution in [-0.4, -0.2) is 27.6 Å². The lowest BCUT2D eigenvalue weighted by Gasteiger charge is -2.09. The number of furan rings is 1. The number of esters is 1. The van der Waals surface area contributed by atoms with Gasteiger partial charge in [0.1, 0.15) is 5.76 Å². The Balaban J connectivity index is 1.62. The fourth-order valence-corrected chi connectivity index (χ4v) is 4.83. The number of hydrogen-bond acceptors (Lipinski definition) is 6. The zero-order valence-corrected chi connectivity index (χ0v) is 19.1. The van der Waals surface area contributed by atoms with Crippen LogP contribution in [0.4, 0.5) is 13.2 Å². The molecule has 0 atom stereocenters. The van der Waals surface area contributed by atoms with E-state index in [0.29, 0.717) is 28.5 Å². The number of carbonyl (C=O) groups excluding carboxylic acids is 1. The monoisotopic (exact) mass is 492 g/mol. The fourth-order valence-electron chi connectivity index (χ4n) is 3.25. The number of benzene rings is 2. The number of aromatic nitrogens is 2. The predicted molar refractivity (Wildman–Crippen MR) is 121 cm³/mol. The Morgan fingerprint density at radius 2 is 2.00 bits per heavy atom. The van der Waals surface area contributed by atoms with Crippen LogP contribution in [0, 0.1) is 0 Å². The van der Waals surface area contributed by atoms with Crippen LogP contribution in [0.5, 0.6) is 0 Å². The molecule has 172 valence electrons. The number of ether oxygens (including phenoxy) is 1. The van der Waals surface area contributed by atoms with Crippen molar-refractivity contribution in [3.05, 3.63) is 77.7 Å². The lowest BCUT2D eigenvalue weighted by molar-refractivity contribution is -0.0328. The molecule has 2 aromatic heterocycles. The molecule has 0 fully saturated rings.